The molecule has 56 valence electrons. The maximum absolute atomic E-state index is 2.54. The Hall–Kier alpha value is 0. The van der Waals surface area contributed by atoms with Gasteiger partial charge in [-0.25, -0.2) is 0 Å². The van der Waals surface area contributed by atoms with Crippen LogP contribution >= 0.6 is 0 Å². The van der Waals surface area contributed by atoms with Crippen molar-refractivity contribution < 1.29 is 0 Å². The molecule has 0 aromatic heterocycles. The Morgan fingerprint density at radius 1 is 1.10 bits per heavy atom. The lowest BCUT2D eigenvalue weighted by molar-refractivity contribution is 0.243. The van der Waals surface area contributed by atoms with E-state index in [-0.39, 0.29) is 0 Å². The van der Waals surface area contributed by atoms with Crippen LogP contribution in [0.15, 0.2) is 0 Å². The van der Waals surface area contributed by atoms with E-state index in [1.54, 1.807) is 0 Å². The SMILES string of the molecule is [CH]1C[CH]C2CCCCC2C1. The summed E-state index contributed by atoms with van der Waals surface area (Å²) in [6, 6.07) is 0. The Balaban J connectivity index is 1.93. The lowest BCUT2D eigenvalue weighted by Crippen LogP contribution is -2.23. The molecule has 2 unspecified atom stereocenters. The number of hydrogen-bond acceptors (Lipinski definition) is 0. The molecule has 2 rings (SSSR count). The molecule has 2 saturated carbocycles. The maximum Gasteiger partial charge on any atom is -0.0349 e. The highest BCUT2D eigenvalue weighted by atomic mass is 14.3. The molecule has 0 bridgehead atoms. The fourth-order valence-electron chi connectivity index (χ4n) is 2.42. The Kier molecular flexibility index (Phi) is 1.97. The second kappa shape index (κ2) is 2.94. The second-order valence-corrected chi connectivity index (χ2v) is 3.70. The molecule has 0 spiro atoms. The minimum Gasteiger partial charge on any atom is -0.0530 e. The maximum atomic E-state index is 2.54. The predicted octanol–water partition coefficient (Wildman–Crippen LogP) is 3.00. The van der Waals surface area contributed by atoms with Crippen LogP contribution in [0.3, 0.4) is 0 Å². The van der Waals surface area contributed by atoms with Crippen LogP contribution in [0, 0.1) is 24.7 Å². The molecule has 0 aromatic rings. The summed E-state index contributed by atoms with van der Waals surface area (Å²) in [5.74, 6) is 2.04. The van der Waals surface area contributed by atoms with Gasteiger partial charge in [-0.05, 0) is 43.9 Å². The average molecular weight is 136 g/mol. The van der Waals surface area contributed by atoms with Crippen LogP contribution in [0.1, 0.15) is 38.5 Å². The molecular weight excluding hydrogens is 120 g/mol. The van der Waals surface area contributed by atoms with Gasteiger partial charge in [0.05, 0.1) is 0 Å². The molecule has 0 aromatic carbocycles. The fraction of sp³-hybridized carbons (Fsp3) is 0.800. The zero-order chi connectivity index (χ0) is 6.81. The van der Waals surface area contributed by atoms with E-state index in [0.717, 1.165) is 11.8 Å². The molecule has 0 heteroatoms. The van der Waals surface area contributed by atoms with Gasteiger partial charge >= 0.3 is 0 Å². The number of fused-ring (bicyclic) bond motifs is 1. The largest absolute Gasteiger partial charge is 0.0530 e. The number of rotatable bonds is 0. The average Bonchev–Trinajstić information content (AvgIpc) is 2.05. The minimum absolute atomic E-state index is 0.999. The van der Waals surface area contributed by atoms with Crippen molar-refractivity contribution in [2.24, 2.45) is 11.8 Å². The van der Waals surface area contributed by atoms with Gasteiger partial charge < -0.3 is 0 Å². The van der Waals surface area contributed by atoms with Gasteiger partial charge in [0.2, 0.25) is 0 Å². The van der Waals surface area contributed by atoms with Crippen LogP contribution in [0.4, 0.5) is 0 Å². The van der Waals surface area contributed by atoms with Gasteiger partial charge in [0.1, 0.15) is 0 Å². The summed E-state index contributed by atoms with van der Waals surface area (Å²) < 4.78 is 0. The molecule has 2 radical (unpaired) electrons. The van der Waals surface area contributed by atoms with Crippen molar-refractivity contribution in [1.82, 2.24) is 0 Å². The van der Waals surface area contributed by atoms with Crippen molar-refractivity contribution in [3.05, 3.63) is 12.8 Å². The van der Waals surface area contributed by atoms with E-state index in [2.05, 4.69) is 12.8 Å². The molecular formula is C10H16. The summed E-state index contributed by atoms with van der Waals surface area (Å²) in [6.45, 7) is 0. The summed E-state index contributed by atoms with van der Waals surface area (Å²) in [5.41, 5.74) is 0. The normalized spacial score (nSPS) is 40.8. The standard InChI is InChI=1S/C10H16/c1-2-6-10-8-4-3-7-9(10)5-1/h1,6,9-10H,2-5,7-8H2. The molecule has 0 aliphatic heterocycles. The zero-order valence-corrected chi connectivity index (χ0v) is 6.55. The third kappa shape index (κ3) is 1.21. The van der Waals surface area contributed by atoms with Crippen LogP contribution in [-0.2, 0) is 0 Å². The smallest absolute Gasteiger partial charge is 0.0349 e. The third-order valence-electron chi connectivity index (χ3n) is 3.04. The van der Waals surface area contributed by atoms with Crippen LogP contribution in [-0.4, -0.2) is 0 Å². The van der Waals surface area contributed by atoms with Gasteiger partial charge in [-0.2, -0.15) is 0 Å². The summed E-state index contributed by atoms with van der Waals surface area (Å²) in [5, 5.41) is 0. The van der Waals surface area contributed by atoms with Crippen molar-refractivity contribution in [1.29, 1.82) is 0 Å². The summed E-state index contributed by atoms with van der Waals surface area (Å²) in [4.78, 5) is 0. The quantitative estimate of drug-likeness (QED) is 0.480. The number of hydrogen-bond donors (Lipinski definition) is 0. The topological polar surface area (TPSA) is 0 Å². The highest BCUT2D eigenvalue weighted by Crippen LogP contribution is 2.39. The lowest BCUT2D eigenvalue weighted by Gasteiger charge is -2.34. The van der Waals surface area contributed by atoms with Crippen LogP contribution in [0.2, 0.25) is 0 Å². The van der Waals surface area contributed by atoms with Gasteiger partial charge in [-0.1, -0.05) is 19.3 Å². The molecule has 0 N–H and O–H groups in total. The molecule has 0 heterocycles. The highest BCUT2D eigenvalue weighted by molar-refractivity contribution is 4.95. The van der Waals surface area contributed by atoms with Gasteiger partial charge in [0.15, 0.2) is 0 Å². The van der Waals surface area contributed by atoms with Gasteiger partial charge in [-0.3, -0.25) is 0 Å². The third-order valence-corrected chi connectivity index (χ3v) is 3.04. The van der Waals surface area contributed by atoms with Crippen LogP contribution in [0.25, 0.3) is 0 Å². The van der Waals surface area contributed by atoms with E-state index >= 15 is 0 Å². The van der Waals surface area contributed by atoms with Crippen molar-refractivity contribution in [3.8, 4) is 0 Å². The molecule has 0 nitrogen and oxygen atoms in total. The Bertz CT molecular complexity index is 80.6. The molecule has 2 fully saturated rings. The lowest BCUT2D eigenvalue weighted by atomic mass is 9.71. The first-order chi connectivity index (χ1) is 4.97. The first kappa shape index (κ1) is 6.69. The van der Waals surface area contributed by atoms with Crippen molar-refractivity contribution in [3.63, 3.8) is 0 Å². The first-order valence-corrected chi connectivity index (χ1v) is 4.62. The predicted molar refractivity (Wildman–Crippen MR) is 43.3 cm³/mol. The molecule has 2 aliphatic carbocycles. The zero-order valence-electron chi connectivity index (χ0n) is 6.55. The summed E-state index contributed by atoms with van der Waals surface area (Å²) >= 11 is 0. The van der Waals surface area contributed by atoms with E-state index in [1.165, 1.54) is 38.5 Å². The second-order valence-electron chi connectivity index (χ2n) is 3.70. The Morgan fingerprint density at radius 3 is 2.90 bits per heavy atom. The van der Waals surface area contributed by atoms with Crippen LogP contribution < -0.4 is 0 Å². The Morgan fingerprint density at radius 2 is 2.00 bits per heavy atom. The Labute approximate surface area is 64.0 Å². The van der Waals surface area contributed by atoms with E-state index in [0.29, 0.717) is 0 Å². The molecule has 2 aliphatic rings. The van der Waals surface area contributed by atoms with Gasteiger partial charge in [0.25, 0.3) is 0 Å². The van der Waals surface area contributed by atoms with Gasteiger partial charge in [-0.15, -0.1) is 0 Å². The minimum atomic E-state index is 0.999. The van der Waals surface area contributed by atoms with Crippen molar-refractivity contribution >= 4 is 0 Å². The van der Waals surface area contributed by atoms with E-state index in [4.69, 9.17) is 0 Å². The summed E-state index contributed by atoms with van der Waals surface area (Å²) in [7, 11) is 0. The van der Waals surface area contributed by atoms with Crippen LogP contribution in [0.5, 0.6) is 0 Å². The highest BCUT2D eigenvalue weighted by Gasteiger charge is 2.27. The molecule has 2 atom stereocenters. The molecule has 0 amide bonds. The van der Waals surface area contributed by atoms with E-state index in [9.17, 15) is 0 Å². The first-order valence-electron chi connectivity index (χ1n) is 4.62. The molecule has 10 heavy (non-hydrogen) atoms. The van der Waals surface area contributed by atoms with E-state index < -0.39 is 0 Å². The monoisotopic (exact) mass is 136 g/mol. The summed E-state index contributed by atoms with van der Waals surface area (Å²) in [6.07, 6.45) is 13.6. The van der Waals surface area contributed by atoms with Gasteiger partial charge in [0, 0.05) is 0 Å². The molecule has 0 saturated heterocycles. The van der Waals surface area contributed by atoms with E-state index in [1.807, 2.05) is 0 Å². The van der Waals surface area contributed by atoms with Crippen molar-refractivity contribution in [2.75, 3.05) is 0 Å². The van der Waals surface area contributed by atoms with Crippen molar-refractivity contribution in [2.45, 2.75) is 38.5 Å². The fourth-order valence-corrected chi connectivity index (χ4v) is 2.42.